The number of fused-ring (bicyclic) bond motifs is 1. The van der Waals surface area contributed by atoms with E-state index in [1.165, 1.54) is 24.0 Å². The van der Waals surface area contributed by atoms with Crippen LogP contribution in [0.15, 0.2) is 46.9 Å². The maximum Gasteiger partial charge on any atom is 0.282 e. The smallest absolute Gasteiger partial charge is 0.282 e. The van der Waals surface area contributed by atoms with Gasteiger partial charge in [-0.3, -0.25) is 29.4 Å². The van der Waals surface area contributed by atoms with Crippen LogP contribution < -0.4 is 0 Å². The topological polar surface area (TPSA) is 140 Å². The molecule has 0 spiro atoms. The zero-order valence-electron chi connectivity index (χ0n) is 18.8. The number of nitro benzene ring substituents is 1. The predicted octanol–water partition coefficient (Wildman–Crippen LogP) is 3.72. The summed E-state index contributed by atoms with van der Waals surface area (Å²) in [6, 6.07) is 9.53. The van der Waals surface area contributed by atoms with Crippen molar-refractivity contribution < 1.29 is 23.7 Å². The van der Waals surface area contributed by atoms with Gasteiger partial charge in [-0.05, 0) is 31.5 Å². The van der Waals surface area contributed by atoms with Gasteiger partial charge in [-0.2, -0.15) is 0 Å². The lowest BCUT2D eigenvalue weighted by Gasteiger charge is -2.28. The fraction of sp³-hybridized carbons (Fsp3) is 0.261. The van der Waals surface area contributed by atoms with Crippen LogP contribution in [-0.4, -0.2) is 55.2 Å². The van der Waals surface area contributed by atoms with Crippen LogP contribution in [0.1, 0.15) is 46.9 Å². The van der Waals surface area contributed by atoms with E-state index >= 15 is 0 Å². The molecule has 1 atom stereocenters. The maximum atomic E-state index is 13.4. The standard InChI is InChI=1S/C23H20ClN5O6/c1-3-11-27(12-18-25-26-20(35-18)14-7-4-5-9-16(14)24)21(30)13(2)28-22(31)15-8-6-10-17(29(33)34)19(15)23(28)32/h4-10,13H,3,11-12H2,1-2H3. The summed E-state index contributed by atoms with van der Waals surface area (Å²) < 4.78 is 5.69. The molecule has 11 nitrogen and oxygen atoms in total. The molecule has 0 fully saturated rings. The first kappa shape index (κ1) is 24.0. The molecule has 0 saturated carbocycles. The number of carbonyl (C=O) groups is 3. The van der Waals surface area contributed by atoms with Crippen LogP contribution in [0.3, 0.4) is 0 Å². The Morgan fingerprint density at radius 1 is 1.14 bits per heavy atom. The third-order valence-electron chi connectivity index (χ3n) is 5.57. The fourth-order valence-electron chi connectivity index (χ4n) is 3.93. The molecule has 1 unspecified atom stereocenters. The molecule has 35 heavy (non-hydrogen) atoms. The lowest BCUT2D eigenvalue weighted by molar-refractivity contribution is -0.385. The number of benzene rings is 2. The van der Waals surface area contributed by atoms with Gasteiger partial charge >= 0.3 is 0 Å². The minimum Gasteiger partial charge on any atom is -0.419 e. The molecule has 2 aromatic carbocycles. The molecular weight excluding hydrogens is 478 g/mol. The third-order valence-corrected chi connectivity index (χ3v) is 5.90. The highest BCUT2D eigenvalue weighted by molar-refractivity contribution is 6.33. The molecule has 0 aliphatic carbocycles. The van der Waals surface area contributed by atoms with Crippen molar-refractivity contribution in [1.29, 1.82) is 0 Å². The van der Waals surface area contributed by atoms with Crippen LogP contribution in [-0.2, 0) is 11.3 Å². The van der Waals surface area contributed by atoms with Crippen LogP contribution in [0, 0.1) is 10.1 Å². The van der Waals surface area contributed by atoms with E-state index in [2.05, 4.69) is 10.2 Å². The lowest BCUT2D eigenvalue weighted by Crippen LogP contribution is -2.49. The van der Waals surface area contributed by atoms with Gasteiger partial charge in [0, 0.05) is 12.6 Å². The summed E-state index contributed by atoms with van der Waals surface area (Å²) in [6.45, 7) is 3.49. The summed E-state index contributed by atoms with van der Waals surface area (Å²) in [4.78, 5) is 52.0. The first-order valence-corrected chi connectivity index (χ1v) is 11.1. The summed E-state index contributed by atoms with van der Waals surface area (Å²) in [5.74, 6) is -1.85. The number of hydrogen-bond acceptors (Lipinski definition) is 8. The average molecular weight is 498 g/mol. The van der Waals surface area contributed by atoms with Gasteiger partial charge < -0.3 is 9.32 Å². The van der Waals surface area contributed by atoms with Crippen molar-refractivity contribution in [3.05, 3.63) is 74.6 Å². The number of nitrogens with zero attached hydrogens (tertiary/aromatic N) is 5. The average Bonchev–Trinajstić information content (AvgIpc) is 3.40. The summed E-state index contributed by atoms with van der Waals surface area (Å²) in [5.41, 5.74) is -0.355. The molecule has 1 aliphatic rings. The Balaban J connectivity index is 1.57. The lowest BCUT2D eigenvalue weighted by atomic mass is 10.1. The molecule has 0 saturated heterocycles. The van der Waals surface area contributed by atoms with Crippen molar-refractivity contribution in [3.63, 3.8) is 0 Å². The fourth-order valence-corrected chi connectivity index (χ4v) is 4.14. The minimum atomic E-state index is -1.21. The van der Waals surface area contributed by atoms with Crippen molar-refractivity contribution in [2.24, 2.45) is 0 Å². The zero-order chi connectivity index (χ0) is 25.3. The highest BCUT2D eigenvalue weighted by atomic mass is 35.5. The summed E-state index contributed by atoms with van der Waals surface area (Å²) in [5, 5.41) is 19.8. The number of nitro groups is 1. The van der Waals surface area contributed by atoms with Gasteiger partial charge in [-0.15, -0.1) is 10.2 Å². The molecule has 12 heteroatoms. The zero-order valence-corrected chi connectivity index (χ0v) is 19.6. The molecule has 3 aromatic rings. The molecule has 1 aromatic heterocycles. The molecule has 180 valence electrons. The second kappa shape index (κ2) is 9.63. The van der Waals surface area contributed by atoms with Gasteiger partial charge in [0.05, 0.1) is 27.6 Å². The summed E-state index contributed by atoms with van der Waals surface area (Å²) in [6.07, 6.45) is 0.581. The van der Waals surface area contributed by atoms with Gasteiger partial charge in [-0.1, -0.05) is 36.7 Å². The quantitative estimate of drug-likeness (QED) is 0.260. The number of amides is 3. The molecule has 0 bridgehead atoms. The SMILES string of the molecule is CCCN(Cc1nnc(-c2ccccc2Cl)o1)C(=O)C(C)N1C(=O)c2cccc([N+](=O)[O-])c2C1=O. The maximum absolute atomic E-state index is 13.4. The van der Waals surface area contributed by atoms with Gasteiger partial charge in [0.15, 0.2) is 0 Å². The molecule has 3 amide bonds. The largest absolute Gasteiger partial charge is 0.419 e. The van der Waals surface area contributed by atoms with Crippen molar-refractivity contribution in [2.45, 2.75) is 32.9 Å². The molecule has 0 radical (unpaired) electrons. The van der Waals surface area contributed by atoms with Gasteiger partial charge in [0.1, 0.15) is 11.6 Å². The molecule has 1 aliphatic heterocycles. The Morgan fingerprint density at radius 3 is 2.54 bits per heavy atom. The second-order valence-corrected chi connectivity index (χ2v) is 8.26. The van der Waals surface area contributed by atoms with E-state index in [-0.39, 0.29) is 36.0 Å². The number of carbonyl (C=O) groups excluding carboxylic acids is 3. The highest BCUT2D eigenvalue weighted by Gasteiger charge is 2.45. The highest BCUT2D eigenvalue weighted by Crippen LogP contribution is 2.32. The van der Waals surface area contributed by atoms with E-state index in [9.17, 15) is 24.5 Å². The normalized spacial score (nSPS) is 13.6. The van der Waals surface area contributed by atoms with Gasteiger partial charge in [0.25, 0.3) is 17.5 Å². The van der Waals surface area contributed by atoms with E-state index in [1.54, 1.807) is 24.3 Å². The number of imide groups is 1. The first-order valence-electron chi connectivity index (χ1n) is 10.8. The van der Waals surface area contributed by atoms with Crippen LogP contribution >= 0.6 is 11.6 Å². The second-order valence-electron chi connectivity index (χ2n) is 7.85. The minimum absolute atomic E-state index is 0.0578. The molecule has 4 rings (SSSR count). The van der Waals surface area contributed by atoms with Crippen molar-refractivity contribution in [2.75, 3.05) is 6.54 Å². The van der Waals surface area contributed by atoms with E-state index in [1.807, 2.05) is 6.92 Å². The Bertz CT molecular complexity index is 1340. The Hall–Kier alpha value is -4.12. The van der Waals surface area contributed by atoms with Crippen LogP contribution in [0.2, 0.25) is 5.02 Å². The van der Waals surface area contributed by atoms with Crippen molar-refractivity contribution in [1.82, 2.24) is 20.0 Å². The number of halogens is 1. The van der Waals surface area contributed by atoms with Gasteiger partial charge in [-0.25, -0.2) is 0 Å². The third kappa shape index (κ3) is 4.37. The Labute approximate surface area is 204 Å². The Morgan fingerprint density at radius 2 is 1.86 bits per heavy atom. The van der Waals surface area contributed by atoms with Crippen molar-refractivity contribution >= 4 is 35.0 Å². The van der Waals surface area contributed by atoms with E-state index in [4.69, 9.17) is 16.0 Å². The summed E-state index contributed by atoms with van der Waals surface area (Å²) in [7, 11) is 0. The van der Waals surface area contributed by atoms with Gasteiger partial charge in [0.2, 0.25) is 17.7 Å². The number of aromatic nitrogens is 2. The number of rotatable bonds is 8. The monoisotopic (exact) mass is 497 g/mol. The Kier molecular flexibility index (Phi) is 6.61. The van der Waals surface area contributed by atoms with Crippen LogP contribution in [0.4, 0.5) is 5.69 Å². The molecular formula is C23H20ClN5O6. The van der Waals surface area contributed by atoms with Crippen LogP contribution in [0.5, 0.6) is 0 Å². The van der Waals surface area contributed by atoms with Crippen molar-refractivity contribution in [3.8, 4) is 11.5 Å². The van der Waals surface area contributed by atoms with E-state index in [0.717, 1.165) is 11.0 Å². The predicted molar refractivity (Wildman–Crippen MR) is 124 cm³/mol. The molecule has 0 N–H and O–H groups in total. The number of hydrogen-bond donors (Lipinski definition) is 0. The first-order chi connectivity index (χ1) is 16.7. The summed E-state index contributed by atoms with van der Waals surface area (Å²) >= 11 is 6.18. The van der Waals surface area contributed by atoms with Crippen LogP contribution in [0.25, 0.3) is 11.5 Å². The van der Waals surface area contributed by atoms with E-state index < -0.39 is 34.4 Å². The van der Waals surface area contributed by atoms with E-state index in [0.29, 0.717) is 17.0 Å². The molecule has 2 heterocycles.